The normalized spacial score (nSPS) is 9.50. The number of nitrogens with one attached hydrogen (secondary N) is 1. The van der Waals surface area contributed by atoms with Gasteiger partial charge in [-0.05, 0) is 30.4 Å². The average molecular weight is 231 g/mol. The molecule has 0 saturated heterocycles. The van der Waals surface area contributed by atoms with Gasteiger partial charge in [-0.25, -0.2) is 9.97 Å². The number of hydrogen-bond donors (Lipinski definition) is 1. The minimum absolute atomic E-state index is 0.220. The van der Waals surface area contributed by atoms with E-state index in [-0.39, 0.29) is 11.2 Å². The van der Waals surface area contributed by atoms with Crippen molar-refractivity contribution in [2.24, 2.45) is 0 Å². The van der Waals surface area contributed by atoms with Crippen molar-refractivity contribution in [3.05, 3.63) is 48.8 Å². The molecule has 16 heavy (non-hydrogen) atoms. The van der Waals surface area contributed by atoms with Crippen LogP contribution in [0.1, 0.15) is 0 Å². The van der Waals surface area contributed by atoms with Gasteiger partial charge in [-0.1, -0.05) is 18.2 Å². The van der Waals surface area contributed by atoms with Crippen LogP contribution in [-0.2, 0) is 0 Å². The molecule has 0 aliphatic heterocycles. The number of anilines is 1. The van der Waals surface area contributed by atoms with Crippen molar-refractivity contribution in [3.8, 4) is 6.01 Å². The largest absolute Gasteiger partial charge is 0.397 e. The Bertz CT molecular complexity index is 418. The van der Waals surface area contributed by atoms with Crippen LogP contribution in [0.5, 0.6) is 6.01 Å². The van der Waals surface area contributed by atoms with Gasteiger partial charge in [0.2, 0.25) is 0 Å². The fourth-order valence-electron chi connectivity index (χ4n) is 1.09. The number of rotatable bonds is 2. The zero-order valence-electron chi connectivity index (χ0n) is 8.33. The van der Waals surface area contributed by atoms with E-state index in [9.17, 15) is 0 Å². The Labute approximate surface area is 98.3 Å². The van der Waals surface area contributed by atoms with Crippen LogP contribution in [0.25, 0.3) is 0 Å². The van der Waals surface area contributed by atoms with Crippen molar-refractivity contribution >= 4 is 23.1 Å². The maximum atomic E-state index is 5.22. The van der Waals surface area contributed by atoms with Crippen LogP contribution in [0.2, 0.25) is 0 Å². The van der Waals surface area contributed by atoms with E-state index >= 15 is 0 Å². The fraction of sp³-hybridized carbons (Fsp3) is 0. The van der Waals surface area contributed by atoms with Gasteiger partial charge in [0, 0.05) is 18.1 Å². The maximum Gasteiger partial charge on any atom is 0.323 e. The van der Waals surface area contributed by atoms with Gasteiger partial charge in [0.05, 0.1) is 0 Å². The summed E-state index contributed by atoms with van der Waals surface area (Å²) >= 11 is 5.00. The molecule has 0 radical (unpaired) electrons. The second-order valence-corrected chi connectivity index (χ2v) is 3.28. The summed E-state index contributed by atoms with van der Waals surface area (Å²) in [6.45, 7) is 0. The molecule has 2 aromatic rings. The van der Waals surface area contributed by atoms with Crippen LogP contribution in [0.15, 0.2) is 48.8 Å². The Balaban J connectivity index is 1.95. The standard InChI is InChI=1S/C11H9N3OS/c16-11(14-9-5-2-1-3-6-9)15-10-12-7-4-8-13-10/h1-8H,(H,14,16). The van der Waals surface area contributed by atoms with E-state index in [0.29, 0.717) is 0 Å². The minimum atomic E-state index is 0.220. The van der Waals surface area contributed by atoms with Crippen LogP contribution in [0, 0.1) is 0 Å². The number of benzene rings is 1. The van der Waals surface area contributed by atoms with Gasteiger partial charge >= 0.3 is 6.01 Å². The van der Waals surface area contributed by atoms with Gasteiger partial charge in [-0.15, -0.1) is 0 Å². The highest BCUT2D eigenvalue weighted by Crippen LogP contribution is 2.06. The molecule has 0 aliphatic rings. The van der Waals surface area contributed by atoms with Gasteiger partial charge in [0.25, 0.3) is 5.17 Å². The lowest BCUT2D eigenvalue weighted by atomic mass is 10.3. The summed E-state index contributed by atoms with van der Waals surface area (Å²) in [4.78, 5) is 7.80. The lowest BCUT2D eigenvalue weighted by molar-refractivity contribution is 0.513. The Hall–Kier alpha value is -2.01. The quantitative estimate of drug-likeness (QED) is 0.803. The van der Waals surface area contributed by atoms with E-state index in [1.807, 2.05) is 30.3 Å². The van der Waals surface area contributed by atoms with Gasteiger partial charge in [0.15, 0.2) is 0 Å². The van der Waals surface area contributed by atoms with Crippen molar-refractivity contribution in [3.63, 3.8) is 0 Å². The predicted molar refractivity (Wildman–Crippen MR) is 65.3 cm³/mol. The summed E-state index contributed by atoms with van der Waals surface area (Å²) in [5, 5.41) is 3.14. The highest BCUT2D eigenvalue weighted by atomic mass is 32.1. The second kappa shape index (κ2) is 5.18. The Morgan fingerprint density at radius 2 is 1.75 bits per heavy atom. The van der Waals surface area contributed by atoms with E-state index in [1.54, 1.807) is 18.5 Å². The van der Waals surface area contributed by atoms with E-state index in [0.717, 1.165) is 5.69 Å². The first kappa shape index (κ1) is 10.5. The minimum Gasteiger partial charge on any atom is -0.397 e. The molecule has 2 rings (SSSR count). The predicted octanol–water partition coefficient (Wildman–Crippen LogP) is 2.25. The van der Waals surface area contributed by atoms with Crippen LogP contribution >= 0.6 is 12.2 Å². The third-order valence-electron chi connectivity index (χ3n) is 1.75. The molecule has 0 spiro atoms. The molecule has 1 aromatic heterocycles. The van der Waals surface area contributed by atoms with Gasteiger partial charge in [0.1, 0.15) is 0 Å². The molecular formula is C11H9N3OS. The maximum absolute atomic E-state index is 5.22. The molecule has 5 heteroatoms. The second-order valence-electron chi connectivity index (χ2n) is 2.91. The zero-order valence-corrected chi connectivity index (χ0v) is 9.15. The molecule has 80 valence electrons. The fourth-order valence-corrected chi connectivity index (χ4v) is 1.28. The van der Waals surface area contributed by atoms with E-state index in [1.165, 1.54) is 0 Å². The lowest BCUT2D eigenvalue weighted by Gasteiger charge is -2.06. The molecule has 0 aliphatic carbocycles. The van der Waals surface area contributed by atoms with Gasteiger partial charge in [-0.3, -0.25) is 0 Å². The number of thiocarbonyl (C=S) groups is 1. The monoisotopic (exact) mass is 231 g/mol. The van der Waals surface area contributed by atoms with Crippen molar-refractivity contribution in [1.29, 1.82) is 0 Å². The third-order valence-corrected chi connectivity index (χ3v) is 1.93. The van der Waals surface area contributed by atoms with Crippen LogP contribution in [0.3, 0.4) is 0 Å². The Kier molecular flexibility index (Phi) is 3.40. The Morgan fingerprint density at radius 3 is 2.44 bits per heavy atom. The van der Waals surface area contributed by atoms with E-state index in [2.05, 4.69) is 15.3 Å². The molecule has 1 aromatic carbocycles. The van der Waals surface area contributed by atoms with Crippen molar-refractivity contribution < 1.29 is 4.74 Å². The zero-order chi connectivity index (χ0) is 11.2. The first-order chi connectivity index (χ1) is 7.84. The number of nitrogens with zero attached hydrogens (tertiary/aromatic N) is 2. The summed E-state index contributed by atoms with van der Waals surface area (Å²) in [5.74, 6) is 0. The molecule has 0 saturated carbocycles. The van der Waals surface area contributed by atoms with Crippen molar-refractivity contribution in [1.82, 2.24) is 9.97 Å². The van der Waals surface area contributed by atoms with Gasteiger partial charge < -0.3 is 10.1 Å². The van der Waals surface area contributed by atoms with Crippen LogP contribution in [0.4, 0.5) is 5.69 Å². The molecule has 0 amide bonds. The summed E-state index contributed by atoms with van der Waals surface area (Å²) in [6, 6.07) is 11.5. The van der Waals surface area contributed by atoms with Crippen LogP contribution < -0.4 is 10.1 Å². The van der Waals surface area contributed by atoms with E-state index < -0.39 is 0 Å². The summed E-state index contributed by atoms with van der Waals surface area (Å²) in [7, 11) is 0. The molecule has 4 nitrogen and oxygen atoms in total. The summed E-state index contributed by atoms with van der Waals surface area (Å²) in [5.41, 5.74) is 0.864. The molecular weight excluding hydrogens is 222 g/mol. The molecule has 0 fully saturated rings. The smallest absolute Gasteiger partial charge is 0.323 e. The molecule has 1 heterocycles. The van der Waals surface area contributed by atoms with Gasteiger partial charge in [-0.2, -0.15) is 0 Å². The van der Waals surface area contributed by atoms with Crippen molar-refractivity contribution in [2.75, 3.05) is 5.32 Å². The number of hydrogen-bond acceptors (Lipinski definition) is 4. The topological polar surface area (TPSA) is 47.0 Å². The summed E-state index contributed by atoms with van der Waals surface area (Å²) in [6.07, 6.45) is 3.18. The summed E-state index contributed by atoms with van der Waals surface area (Å²) < 4.78 is 5.22. The SMILES string of the molecule is S=C(Nc1ccccc1)Oc1ncccn1. The Morgan fingerprint density at radius 1 is 1.06 bits per heavy atom. The highest BCUT2D eigenvalue weighted by molar-refractivity contribution is 7.80. The van der Waals surface area contributed by atoms with E-state index in [4.69, 9.17) is 17.0 Å². The molecule has 1 N–H and O–H groups in total. The average Bonchev–Trinajstić information content (AvgIpc) is 2.31. The first-order valence-corrected chi connectivity index (χ1v) is 5.06. The molecule has 0 bridgehead atoms. The lowest BCUT2D eigenvalue weighted by Crippen LogP contribution is -2.17. The van der Waals surface area contributed by atoms with Crippen molar-refractivity contribution in [2.45, 2.75) is 0 Å². The number of ether oxygens (including phenoxy) is 1. The molecule has 0 atom stereocenters. The van der Waals surface area contributed by atoms with Crippen LogP contribution in [-0.4, -0.2) is 15.1 Å². The third kappa shape index (κ3) is 2.99. The number of aromatic nitrogens is 2. The number of para-hydroxylation sites is 1. The first-order valence-electron chi connectivity index (χ1n) is 4.65. The highest BCUT2D eigenvalue weighted by Gasteiger charge is 2.01. The molecule has 0 unspecified atom stereocenters.